The second kappa shape index (κ2) is 5.88. The Kier molecular flexibility index (Phi) is 3.99. The minimum atomic E-state index is -4.44. The van der Waals surface area contributed by atoms with Gasteiger partial charge in [-0.3, -0.25) is 9.59 Å². The number of allylic oxidation sites excluding steroid dienone is 2. The molecule has 0 bridgehead atoms. The fourth-order valence-corrected chi connectivity index (χ4v) is 2.86. The molecule has 0 atom stereocenters. The number of ketones is 2. The first-order valence-corrected chi connectivity index (χ1v) is 7.47. The number of benzene rings is 2. The van der Waals surface area contributed by atoms with Gasteiger partial charge in [-0.25, -0.2) is 0 Å². The van der Waals surface area contributed by atoms with Crippen molar-refractivity contribution < 1.29 is 27.9 Å². The molecule has 2 aromatic rings. The summed E-state index contributed by atoms with van der Waals surface area (Å²) in [5.74, 6) is -1.13. The van der Waals surface area contributed by atoms with Crippen molar-refractivity contribution in [2.24, 2.45) is 0 Å². The lowest BCUT2D eigenvalue weighted by Gasteiger charge is -2.20. The summed E-state index contributed by atoms with van der Waals surface area (Å²) >= 11 is 0. The molecule has 0 amide bonds. The van der Waals surface area contributed by atoms with Crippen LogP contribution in [0, 0.1) is 0 Å². The number of phenolic OH excluding ortho intramolecular Hbond substituents is 1. The maximum atomic E-state index is 12.7. The lowest BCUT2D eigenvalue weighted by atomic mass is 9.82. The molecule has 128 valence electrons. The van der Waals surface area contributed by atoms with E-state index in [1.165, 1.54) is 37.3 Å². The Morgan fingerprint density at radius 1 is 0.960 bits per heavy atom. The fourth-order valence-electron chi connectivity index (χ4n) is 2.86. The van der Waals surface area contributed by atoms with Crippen LogP contribution in [0.5, 0.6) is 5.75 Å². The Hall–Kier alpha value is -2.89. The van der Waals surface area contributed by atoms with Gasteiger partial charge in [0.05, 0.1) is 11.1 Å². The van der Waals surface area contributed by atoms with E-state index < -0.39 is 17.5 Å². The molecule has 1 aliphatic rings. The number of fused-ring (bicyclic) bond motifs is 1. The first kappa shape index (κ1) is 17.0. The summed E-state index contributed by atoms with van der Waals surface area (Å²) in [6.07, 6.45) is -4.42. The molecule has 1 N–H and O–H groups in total. The molecular weight excluding hydrogens is 333 g/mol. The Balaban J connectivity index is 1.98. The number of hydrogen-bond donors (Lipinski definition) is 1. The van der Waals surface area contributed by atoms with Gasteiger partial charge >= 0.3 is 6.18 Å². The second-order valence-electron chi connectivity index (χ2n) is 5.83. The molecule has 6 heteroatoms. The van der Waals surface area contributed by atoms with Crippen LogP contribution in [-0.2, 0) is 12.6 Å². The molecule has 0 saturated heterocycles. The molecule has 25 heavy (non-hydrogen) atoms. The molecule has 0 fully saturated rings. The number of hydrogen-bond acceptors (Lipinski definition) is 3. The summed E-state index contributed by atoms with van der Waals surface area (Å²) in [5.41, 5.74) is 0.193. The van der Waals surface area contributed by atoms with E-state index in [1.54, 1.807) is 0 Å². The predicted molar refractivity (Wildman–Crippen MR) is 84.6 cm³/mol. The van der Waals surface area contributed by atoms with Gasteiger partial charge in [0.2, 0.25) is 0 Å². The average molecular weight is 346 g/mol. The van der Waals surface area contributed by atoms with E-state index in [0.717, 1.165) is 12.1 Å². The molecule has 0 aliphatic heterocycles. The Morgan fingerprint density at radius 3 is 2.20 bits per heavy atom. The summed E-state index contributed by atoms with van der Waals surface area (Å²) in [4.78, 5) is 25.1. The van der Waals surface area contributed by atoms with Crippen molar-refractivity contribution in [3.8, 4) is 5.75 Å². The van der Waals surface area contributed by atoms with E-state index in [1.807, 2.05) is 0 Å². The van der Waals surface area contributed by atoms with Gasteiger partial charge in [0.25, 0.3) is 0 Å². The lowest BCUT2D eigenvalue weighted by Crippen LogP contribution is -2.22. The third-order valence-electron chi connectivity index (χ3n) is 4.24. The number of rotatable bonds is 2. The molecule has 0 saturated carbocycles. The first-order chi connectivity index (χ1) is 11.7. The van der Waals surface area contributed by atoms with Crippen LogP contribution >= 0.6 is 0 Å². The van der Waals surface area contributed by atoms with Crippen LogP contribution in [0.15, 0.2) is 53.6 Å². The largest absolute Gasteiger partial charge is 0.507 e. The summed E-state index contributed by atoms with van der Waals surface area (Å²) < 4.78 is 37.9. The summed E-state index contributed by atoms with van der Waals surface area (Å²) in [6.45, 7) is 1.51. The quantitative estimate of drug-likeness (QED) is 0.880. The molecule has 0 radical (unpaired) electrons. The molecule has 0 aromatic heterocycles. The van der Waals surface area contributed by atoms with Gasteiger partial charge in [-0.1, -0.05) is 24.3 Å². The number of aromatic hydroxyl groups is 1. The molecule has 0 unspecified atom stereocenters. The van der Waals surface area contributed by atoms with Crippen molar-refractivity contribution in [2.75, 3.05) is 0 Å². The zero-order chi connectivity index (χ0) is 18.4. The molecule has 2 aromatic carbocycles. The summed E-state index contributed by atoms with van der Waals surface area (Å²) in [7, 11) is 0. The fraction of sp³-hybridized carbons (Fsp3) is 0.158. The topological polar surface area (TPSA) is 54.4 Å². The summed E-state index contributed by atoms with van der Waals surface area (Å²) in [5, 5.41) is 9.92. The third-order valence-corrected chi connectivity index (χ3v) is 4.24. The highest BCUT2D eigenvalue weighted by Crippen LogP contribution is 2.34. The SMILES string of the molecule is CC1=C(Cc2ccc(C(F)(F)F)cc2)C(=O)c2c(O)cccc2C1=O. The van der Waals surface area contributed by atoms with E-state index >= 15 is 0 Å². The highest BCUT2D eigenvalue weighted by molar-refractivity contribution is 6.27. The third kappa shape index (κ3) is 2.95. The monoisotopic (exact) mass is 346 g/mol. The number of carbonyl (C=O) groups excluding carboxylic acids is 2. The van der Waals surface area contributed by atoms with E-state index in [-0.39, 0.29) is 40.2 Å². The van der Waals surface area contributed by atoms with E-state index in [4.69, 9.17) is 0 Å². The van der Waals surface area contributed by atoms with Gasteiger partial charge in [0, 0.05) is 23.1 Å². The van der Waals surface area contributed by atoms with Crippen LogP contribution in [0.3, 0.4) is 0 Å². The Labute approximate surface area is 141 Å². The van der Waals surface area contributed by atoms with E-state index in [2.05, 4.69) is 0 Å². The van der Waals surface area contributed by atoms with Crippen molar-refractivity contribution >= 4 is 11.6 Å². The molecular formula is C19H13F3O3. The maximum Gasteiger partial charge on any atom is 0.416 e. The van der Waals surface area contributed by atoms with E-state index in [9.17, 15) is 27.9 Å². The first-order valence-electron chi connectivity index (χ1n) is 7.47. The van der Waals surface area contributed by atoms with Crippen molar-refractivity contribution in [2.45, 2.75) is 19.5 Å². The average Bonchev–Trinajstić information content (AvgIpc) is 2.56. The number of halogens is 3. The van der Waals surface area contributed by atoms with Gasteiger partial charge in [0.1, 0.15) is 5.75 Å². The molecule has 0 spiro atoms. The van der Waals surface area contributed by atoms with Crippen LogP contribution in [0.2, 0.25) is 0 Å². The molecule has 1 aliphatic carbocycles. The zero-order valence-electron chi connectivity index (χ0n) is 13.1. The Morgan fingerprint density at radius 2 is 1.60 bits per heavy atom. The van der Waals surface area contributed by atoms with Gasteiger partial charge in [-0.15, -0.1) is 0 Å². The molecule has 3 nitrogen and oxygen atoms in total. The maximum absolute atomic E-state index is 12.7. The second-order valence-corrected chi connectivity index (χ2v) is 5.83. The number of Topliss-reactive ketones (excluding diaryl/α,β-unsaturated/α-hetero) is 2. The number of carbonyl (C=O) groups is 2. The smallest absolute Gasteiger partial charge is 0.416 e. The minimum absolute atomic E-state index is 0.0162. The number of alkyl halides is 3. The number of phenols is 1. The van der Waals surface area contributed by atoms with Gasteiger partial charge in [-0.2, -0.15) is 13.2 Å². The molecule has 3 rings (SSSR count). The zero-order valence-corrected chi connectivity index (χ0v) is 13.1. The predicted octanol–water partition coefficient (Wildman–Crippen LogP) is 4.35. The van der Waals surface area contributed by atoms with Crippen LogP contribution in [0.25, 0.3) is 0 Å². The van der Waals surface area contributed by atoms with Crippen molar-refractivity contribution in [3.05, 3.63) is 75.9 Å². The van der Waals surface area contributed by atoms with Crippen molar-refractivity contribution in [1.29, 1.82) is 0 Å². The van der Waals surface area contributed by atoms with Crippen LogP contribution in [0.4, 0.5) is 13.2 Å². The summed E-state index contributed by atoms with van der Waals surface area (Å²) in [6, 6.07) is 8.70. The van der Waals surface area contributed by atoms with Crippen LogP contribution in [0.1, 0.15) is 38.8 Å². The van der Waals surface area contributed by atoms with E-state index in [0.29, 0.717) is 5.56 Å². The van der Waals surface area contributed by atoms with Crippen molar-refractivity contribution in [1.82, 2.24) is 0 Å². The van der Waals surface area contributed by atoms with Gasteiger partial charge in [-0.05, 0) is 30.7 Å². The Bertz CT molecular complexity index is 907. The van der Waals surface area contributed by atoms with Gasteiger partial charge in [0.15, 0.2) is 11.6 Å². The standard InChI is InChI=1S/C19H13F3O3/c1-10-14(9-11-5-7-12(8-6-11)19(20,21)22)18(25)16-13(17(10)24)3-2-4-15(16)23/h2-8,23H,9H2,1H3. The van der Waals surface area contributed by atoms with Gasteiger partial charge < -0.3 is 5.11 Å². The van der Waals surface area contributed by atoms with Crippen molar-refractivity contribution in [3.63, 3.8) is 0 Å². The lowest BCUT2D eigenvalue weighted by molar-refractivity contribution is -0.137. The molecule has 0 heterocycles. The van der Waals surface area contributed by atoms with Crippen LogP contribution in [-0.4, -0.2) is 16.7 Å². The minimum Gasteiger partial charge on any atom is -0.507 e. The van der Waals surface area contributed by atoms with Crippen LogP contribution < -0.4 is 0 Å². The highest BCUT2D eigenvalue weighted by Gasteiger charge is 2.33. The normalized spacial score (nSPS) is 14.7. The highest BCUT2D eigenvalue weighted by atomic mass is 19.4.